The third-order valence-electron chi connectivity index (χ3n) is 4.55. The zero-order valence-corrected chi connectivity index (χ0v) is 17.2. The van der Waals surface area contributed by atoms with E-state index in [0.29, 0.717) is 30.1 Å². The van der Waals surface area contributed by atoms with Gasteiger partial charge < -0.3 is 15.0 Å². The molecule has 0 aliphatic heterocycles. The van der Waals surface area contributed by atoms with Crippen LogP contribution in [0.15, 0.2) is 48.5 Å². The van der Waals surface area contributed by atoms with Crippen LogP contribution in [0.25, 0.3) is 0 Å². The van der Waals surface area contributed by atoms with Crippen LogP contribution in [-0.2, 0) is 9.59 Å². The van der Waals surface area contributed by atoms with Crippen LogP contribution in [0, 0.1) is 6.92 Å². The van der Waals surface area contributed by atoms with Crippen molar-refractivity contribution in [2.24, 2.45) is 0 Å². The molecule has 6 nitrogen and oxygen atoms in total. The first-order valence-corrected chi connectivity index (χ1v) is 9.83. The molecule has 0 spiro atoms. The molecular formula is C23H28N2O4. The quantitative estimate of drug-likeness (QED) is 0.619. The summed E-state index contributed by atoms with van der Waals surface area (Å²) in [5, 5.41) is 2.76. The van der Waals surface area contributed by atoms with Gasteiger partial charge >= 0.3 is 0 Å². The Balaban J connectivity index is 1.84. The molecule has 2 amide bonds. The molecule has 2 aromatic rings. The van der Waals surface area contributed by atoms with Gasteiger partial charge in [0, 0.05) is 43.2 Å². The van der Waals surface area contributed by atoms with Crippen molar-refractivity contribution in [2.75, 3.05) is 25.0 Å². The summed E-state index contributed by atoms with van der Waals surface area (Å²) >= 11 is 0. The fourth-order valence-electron chi connectivity index (χ4n) is 2.81. The Morgan fingerprint density at radius 1 is 0.966 bits per heavy atom. The predicted molar refractivity (Wildman–Crippen MR) is 113 cm³/mol. The number of ether oxygens (including phenoxy) is 1. The van der Waals surface area contributed by atoms with E-state index in [9.17, 15) is 14.4 Å². The van der Waals surface area contributed by atoms with Gasteiger partial charge in [0.05, 0.1) is 0 Å². The minimum absolute atomic E-state index is 0.0515. The van der Waals surface area contributed by atoms with Crippen molar-refractivity contribution in [3.8, 4) is 5.75 Å². The van der Waals surface area contributed by atoms with E-state index in [2.05, 4.69) is 5.32 Å². The zero-order valence-electron chi connectivity index (χ0n) is 17.2. The fourth-order valence-corrected chi connectivity index (χ4v) is 2.81. The molecule has 0 saturated carbocycles. The number of hydrogen-bond acceptors (Lipinski definition) is 4. The highest BCUT2D eigenvalue weighted by Crippen LogP contribution is 2.18. The Kier molecular flexibility index (Phi) is 8.40. The van der Waals surface area contributed by atoms with Crippen molar-refractivity contribution in [2.45, 2.75) is 33.6 Å². The molecule has 0 aromatic heterocycles. The number of ketones is 1. The van der Waals surface area contributed by atoms with Gasteiger partial charge in [0.2, 0.25) is 5.91 Å². The van der Waals surface area contributed by atoms with E-state index in [0.717, 1.165) is 5.56 Å². The maximum atomic E-state index is 12.2. The molecule has 154 valence electrons. The lowest BCUT2D eigenvalue weighted by Crippen LogP contribution is -2.34. The van der Waals surface area contributed by atoms with Crippen LogP contribution in [0.1, 0.15) is 42.6 Å². The first-order chi connectivity index (χ1) is 13.9. The van der Waals surface area contributed by atoms with Crippen molar-refractivity contribution in [1.82, 2.24) is 4.90 Å². The fraction of sp³-hybridized carbons (Fsp3) is 0.348. The highest BCUT2D eigenvalue weighted by Gasteiger charge is 2.12. The average Bonchev–Trinajstić information content (AvgIpc) is 2.72. The van der Waals surface area contributed by atoms with Gasteiger partial charge in [-0.3, -0.25) is 14.4 Å². The minimum atomic E-state index is -0.248. The van der Waals surface area contributed by atoms with Gasteiger partial charge in [0.25, 0.3) is 5.91 Å². The maximum Gasteiger partial charge on any atom is 0.260 e. The number of hydrogen-bond donors (Lipinski definition) is 1. The van der Waals surface area contributed by atoms with Crippen LogP contribution in [0.2, 0.25) is 0 Å². The third-order valence-corrected chi connectivity index (χ3v) is 4.55. The normalized spacial score (nSPS) is 10.3. The van der Waals surface area contributed by atoms with E-state index in [1.807, 2.05) is 32.9 Å². The number of amides is 2. The number of carbonyl (C=O) groups is 3. The molecule has 0 aliphatic carbocycles. The van der Waals surface area contributed by atoms with E-state index in [-0.39, 0.29) is 37.0 Å². The maximum absolute atomic E-state index is 12.2. The number of nitrogens with zero attached hydrogens (tertiary/aromatic N) is 1. The highest BCUT2D eigenvalue weighted by molar-refractivity contribution is 6.00. The minimum Gasteiger partial charge on any atom is -0.484 e. The van der Waals surface area contributed by atoms with E-state index in [1.165, 1.54) is 0 Å². The second kappa shape index (κ2) is 11.0. The molecule has 0 fully saturated rings. The van der Waals surface area contributed by atoms with E-state index in [4.69, 9.17) is 4.74 Å². The zero-order chi connectivity index (χ0) is 21.2. The molecule has 29 heavy (non-hydrogen) atoms. The number of Topliss-reactive ketones (excluding diaryl/α,β-unsaturated/α-hetero) is 1. The first kappa shape index (κ1) is 22.1. The van der Waals surface area contributed by atoms with Crippen molar-refractivity contribution < 1.29 is 19.1 Å². The molecule has 0 heterocycles. The number of likely N-dealkylation sites (N-methyl/N-ethyl adjacent to an activating group) is 1. The molecule has 6 heteroatoms. The number of anilines is 1. The molecular weight excluding hydrogens is 368 g/mol. The van der Waals surface area contributed by atoms with Crippen LogP contribution in [-0.4, -0.2) is 42.2 Å². The summed E-state index contributed by atoms with van der Waals surface area (Å²) in [6.45, 7) is 7.01. The smallest absolute Gasteiger partial charge is 0.260 e. The van der Waals surface area contributed by atoms with Crippen LogP contribution < -0.4 is 10.1 Å². The molecule has 0 radical (unpaired) electrons. The topological polar surface area (TPSA) is 75.7 Å². The van der Waals surface area contributed by atoms with Gasteiger partial charge in [0.15, 0.2) is 12.4 Å². The lowest BCUT2D eigenvalue weighted by Gasteiger charge is -2.18. The van der Waals surface area contributed by atoms with Gasteiger partial charge in [-0.2, -0.15) is 0 Å². The molecule has 2 aromatic carbocycles. The molecule has 0 saturated heterocycles. The third kappa shape index (κ3) is 7.07. The summed E-state index contributed by atoms with van der Waals surface area (Å²) in [4.78, 5) is 38.1. The predicted octanol–water partition coefficient (Wildman–Crippen LogP) is 3.84. The van der Waals surface area contributed by atoms with Gasteiger partial charge in [0.1, 0.15) is 5.75 Å². The molecule has 1 N–H and O–H groups in total. The van der Waals surface area contributed by atoms with Gasteiger partial charge in [-0.25, -0.2) is 0 Å². The molecule has 0 atom stereocenters. The van der Waals surface area contributed by atoms with Gasteiger partial charge in [-0.05, 0) is 32.9 Å². The summed E-state index contributed by atoms with van der Waals surface area (Å²) in [7, 11) is 0. The summed E-state index contributed by atoms with van der Waals surface area (Å²) in [6, 6.07) is 14.2. The molecule has 2 rings (SSSR count). The first-order valence-electron chi connectivity index (χ1n) is 9.83. The Bertz CT molecular complexity index is 842. The Morgan fingerprint density at radius 2 is 1.66 bits per heavy atom. The van der Waals surface area contributed by atoms with Crippen molar-refractivity contribution >= 4 is 23.3 Å². The van der Waals surface area contributed by atoms with Crippen LogP contribution >= 0.6 is 0 Å². The summed E-state index contributed by atoms with van der Waals surface area (Å²) < 4.78 is 5.54. The van der Waals surface area contributed by atoms with E-state index in [1.54, 1.807) is 41.3 Å². The van der Waals surface area contributed by atoms with Crippen LogP contribution in [0.3, 0.4) is 0 Å². The number of carbonyl (C=O) groups excluding carboxylic acids is 3. The highest BCUT2D eigenvalue weighted by atomic mass is 16.5. The number of rotatable bonds is 10. The van der Waals surface area contributed by atoms with E-state index < -0.39 is 0 Å². The summed E-state index contributed by atoms with van der Waals surface area (Å²) in [6.07, 6.45) is 0.238. The Labute approximate surface area is 171 Å². The lowest BCUT2D eigenvalue weighted by molar-refractivity contribution is -0.133. The lowest BCUT2D eigenvalue weighted by atomic mass is 10.0. The monoisotopic (exact) mass is 396 g/mol. The van der Waals surface area contributed by atoms with Crippen LogP contribution in [0.4, 0.5) is 5.69 Å². The number of aryl methyl sites for hydroxylation is 1. The molecule has 0 unspecified atom stereocenters. The van der Waals surface area contributed by atoms with Crippen molar-refractivity contribution in [1.29, 1.82) is 0 Å². The second-order valence-corrected chi connectivity index (χ2v) is 6.72. The van der Waals surface area contributed by atoms with Crippen molar-refractivity contribution in [3.63, 3.8) is 0 Å². The van der Waals surface area contributed by atoms with Crippen molar-refractivity contribution in [3.05, 3.63) is 59.7 Å². The van der Waals surface area contributed by atoms with Gasteiger partial charge in [-0.15, -0.1) is 0 Å². The molecule has 0 aliphatic rings. The largest absolute Gasteiger partial charge is 0.484 e. The summed E-state index contributed by atoms with van der Waals surface area (Å²) in [5.74, 6) is 0.104. The number of nitrogens with one attached hydrogen (secondary N) is 1. The van der Waals surface area contributed by atoms with Crippen LogP contribution in [0.5, 0.6) is 5.75 Å². The average molecular weight is 396 g/mol. The Morgan fingerprint density at radius 3 is 2.31 bits per heavy atom. The molecule has 0 bridgehead atoms. The summed E-state index contributed by atoms with van der Waals surface area (Å²) in [5.41, 5.74) is 2.25. The SMILES string of the molecule is CCN(CC)C(=O)COc1cccc(NC(=O)CCC(=O)c2ccc(C)cc2)c1. The Hall–Kier alpha value is -3.15. The second-order valence-electron chi connectivity index (χ2n) is 6.72. The van der Waals surface area contributed by atoms with E-state index >= 15 is 0 Å². The standard InChI is InChI=1S/C23H28N2O4/c1-4-25(5-2)23(28)16-29-20-8-6-7-19(15-20)24-22(27)14-13-21(26)18-11-9-17(3)10-12-18/h6-12,15H,4-5,13-14,16H2,1-3H3,(H,24,27). The number of benzene rings is 2. The van der Waals surface area contributed by atoms with Gasteiger partial charge in [-0.1, -0.05) is 35.9 Å².